The Bertz CT molecular complexity index is 1160. The van der Waals surface area contributed by atoms with Crippen molar-refractivity contribution in [3.05, 3.63) is 64.3 Å². The number of aryl methyl sites for hydroxylation is 3. The molecule has 4 rings (SSSR count). The fourth-order valence-electron chi connectivity index (χ4n) is 4.76. The van der Waals surface area contributed by atoms with Gasteiger partial charge in [0.1, 0.15) is 5.75 Å². The molecule has 1 saturated heterocycles. The standard InChI is InChI=1S/C27H33N3O3/c1-17-5-6-18(2)26-25(17)23(19(3)29-26)15-24(31)30-13-11-21(12-14-30)27(32)28-16-20-7-9-22(33-4)10-8-20/h5-10,21,29H,11-16H2,1-4H3,(H,28,32). The molecule has 2 amide bonds. The lowest BCUT2D eigenvalue weighted by Gasteiger charge is -2.31. The smallest absolute Gasteiger partial charge is 0.227 e. The van der Waals surface area contributed by atoms with E-state index in [1.165, 1.54) is 16.5 Å². The van der Waals surface area contributed by atoms with Crippen molar-refractivity contribution < 1.29 is 14.3 Å². The first-order valence-electron chi connectivity index (χ1n) is 11.6. The monoisotopic (exact) mass is 447 g/mol. The molecule has 2 heterocycles. The third kappa shape index (κ3) is 4.90. The molecule has 3 aromatic rings. The molecule has 174 valence electrons. The zero-order valence-corrected chi connectivity index (χ0v) is 20.0. The number of carbonyl (C=O) groups is 2. The summed E-state index contributed by atoms with van der Waals surface area (Å²) in [6.45, 7) is 7.98. The van der Waals surface area contributed by atoms with Gasteiger partial charge in [0.15, 0.2) is 0 Å². The molecule has 0 spiro atoms. The van der Waals surface area contributed by atoms with E-state index in [4.69, 9.17) is 4.74 Å². The topological polar surface area (TPSA) is 74.4 Å². The third-order valence-corrected chi connectivity index (χ3v) is 6.86. The molecule has 1 aliphatic heterocycles. The molecular formula is C27H33N3O3. The molecule has 0 radical (unpaired) electrons. The van der Waals surface area contributed by atoms with Gasteiger partial charge in [-0.05, 0) is 68.0 Å². The van der Waals surface area contributed by atoms with Gasteiger partial charge in [-0.3, -0.25) is 9.59 Å². The molecule has 0 atom stereocenters. The van der Waals surface area contributed by atoms with Gasteiger partial charge in [-0.1, -0.05) is 24.3 Å². The molecule has 2 N–H and O–H groups in total. The molecule has 6 nitrogen and oxygen atoms in total. The van der Waals surface area contributed by atoms with E-state index >= 15 is 0 Å². The van der Waals surface area contributed by atoms with E-state index in [9.17, 15) is 9.59 Å². The number of fused-ring (bicyclic) bond motifs is 1. The fraction of sp³-hybridized carbons (Fsp3) is 0.407. The number of aromatic amines is 1. The number of nitrogens with zero attached hydrogens (tertiary/aromatic N) is 1. The van der Waals surface area contributed by atoms with Gasteiger partial charge in [-0.15, -0.1) is 0 Å². The number of hydrogen-bond donors (Lipinski definition) is 2. The van der Waals surface area contributed by atoms with Crippen LogP contribution in [0.1, 0.15) is 40.8 Å². The molecule has 0 aliphatic carbocycles. The van der Waals surface area contributed by atoms with Crippen LogP contribution in [-0.4, -0.2) is 41.9 Å². The van der Waals surface area contributed by atoms with Gasteiger partial charge in [0.2, 0.25) is 11.8 Å². The Hall–Kier alpha value is -3.28. The maximum Gasteiger partial charge on any atom is 0.227 e. The molecule has 1 aliphatic rings. The van der Waals surface area contributed by atoms with Crippen LogP contribution in [0.25, 0.3) is 10.9 Å². The molecule has 1 aromatic heterocycles. The summed E-state index contributed by atoms with van der Waals surface area (Å²) in [4.78, 5) is 31.1. The van der Waals surface area contributed by atoms with Crippen LogP contribution in [0.2, 0.25) is 0 Å². The lowest BCUT2D eigenvalue weighted by molar-refractivity contribution is -0.135. The zero-order valence-electron chi connectivity index (χ0n) is 20.0. The fourth-order valence-corrected chi connectivity index (χ4v) is 4.76. The number of piperidine rings is 1. The van der Waals surface area contributed by atoms with E-state index < -0.39 is 0 Å². The summed E-state index contributed by atoms with van der Waals surface area (Å²) >= 11 is 0. The van der Waals surface area contributed by atoms with Crippen LogP contribution in [0.3, 0.4) is 0 Å². The SMILES string of the molecule is COc1ccc(CNC(=O)C2CCN(C(=O)Cc3c(C)[nH]c4c(C)ccc(C)c34)CC2)cc1. The first-order chi connectivity index (χ1) is 15.9. The Morgan fingerprint density at radius 3 is 2.36 bits per heavy atom. The van der Waals surface area contributed by atoms with Gasteiger partial charge in [0.05, 0.1) is 13.5 Å². The Labute approximate surface area is 195 Å². The van der Waals surface area contributed by atoms with E-state index in [2.05, 4.69) is 36.3 Å². The number of hydrogen-bond acceptors (Lipinski definition) is 3. The van der Waals surface area contributed by atoms with Gasteiger partial charge >= 0.3 is 0 Å². The molecule has 0 saturated carbocycles. The highest BCUT2D eigenvalue weighted by Gasteiger charge is 2.28. The quantitative estimate of drug-likeness (QED) is 0.595. The zero-order chi connectivity index (χ0) is 23.5. The van der Waals surface area contributed by atoms with Gasteiger partial charge < -0.3 is 19.9 Å². The molecule has 0 unspecified atom stereocenters. The number of nitrogens with one attached hydrogen (secondary N) is 2. The van der Waals surface area contributed by atoms with E-state index in [0.717, 1.165) is 28.1 Å². The van der Waals surface area contributed by atoms with E-state index in [1.807, 2.05) is 36.1 Å². The van der Waals surface area contributed by atoms with Crippen LogP contribution >= 0.6 is 0 Å². The Morgan fingerprint density at radius 1 is 1.03 bits per heavy atom. The third-order valence-electron chi connectivity index (χ3n) is 6.86. The Balaban J connectivity index is 1.32. The van der Waals surface area contributed by atoms with Crippen LogP contribution in [0.4, 0.5) is 0 Å². The van der Waals surface area contributed by atoms with E-state index in [1.54, 1.807) is 7.11 Å². The molecular weight excluding hydrogens is 414 g/mol. The van der Waals surface area contributed by atoms with Crippen LogP contribution in [0, 0.1) is 26.7 Å². The van der Waals surface area contributed by atoms with Crippen molar-refractivity contribution in [3.8, 4) is 5.75 Å². The average molecular weight is 448 g/mol. The lowest BCUT2D eigenvalue weighted by atomic mass is 9.95. The normalized spacial score (nSPS) is 14.5. The number of benzene rings is 2. The predicted octanol–water partition coefficient (Wildman–Crippen LogP) is 4.20. The number of carbonyl (C=O) groups excluding carboxylic acids is 2. The van der Waals surface area contributed by atoms with E-state index in [0.29, 0.717) is 38.9 Å². The minimum absolute atomic E-state index is 0.0491. The second-order valence-electron chi connectivity index (χ2n) is 9.08. The maximum atomic E-state index is 13.1. The van der Waals surface area contributed by atoms with Crippen molar-refractivity contribution in [2.45, 2.75) is 46.6 Å². The van der Waals surface area contributed by atoms with Crippen LogP contribution < -0.4 is 10.1 Å². The van der Waals surface area contributed by atoms with Crippen molar-refractivity contribution in [2.75, 3.05) is 20.2 Å². The minimum Gasteiger partial charge on any atom is -0.497 e. The first kappa shape index (κ1) is 22.9. The molecule has 0 bridgehead atoms. The largest absolute Gasteiger partial charge is 0.497 e. The van der Waals surface area contributed by atoms with E-state index in [-0.39, 0.29) is 17.7 Å². The van der Waals surface area contributed by atoms with Gasteiger partial charge in [-0.2, -0.15) is 0 Å². The highest BCUT2D eigenvalue weighted by atomic mass is 16.5. The van der Waals surface area contributed by atoms with Gasteiger partial charge in [0, 0.05) is 42.1 Å². The summed E-state index contributed by atoms with van der Waals surface area (Å²) in [6, 6.07) is 11.9. The van der Waals surface area contributed by atoms with Gasteiger partial charge in [-0.25, -0.2) is 0 Å². The summed E-state index contributed by atoms with van der Waals surface area (Å²) < 4.78 is 5.17. The predicted molar refractivity (Wildman–Crippen MR) is 130 cm³/mol. The molecule has 6 heteroatoms. The number of aromatic nitrogens is 1. The second kappa shape index (κ2) is 9.69. The number of ether oxygens (including phenoxy) is 1. The first-order valence-corrected chi connectivity index (χ1v) is 11.6. The summed E-state index contributed by atoms with van der Waals surface area (Å²) in [5, 5.41) is 4.21. The molecule has 33 heavy (non-hydrogen) atoms. The van der Waals surface area contributed by atoms with Crippen molar-refractivity contribution in [1.29, 1.82) is 0 Å². The number of rotatable bonds is 6. The Morgan fingerprint density at radius 2 is 1.70 bits per heavy atom. The summed E-state index contributed by atoms with van der Waals surface area (Å²) in [5.41, 5.74) is 6.70. The lowest BCUT2D eigenvalue weighted by Crippen LogP contribution is -2.43. The highest BCUT2D eigenvalue weighted by Crippen LogP contribution is 2.29. The average Bonchev–Trinajstić information content (AvgIpc) is 3.17. The number of methoxy groups -OCH3 is 1. The van der Waals surface area contributed by atoms with Crippen molar-refractivity contribution in [2.24, 2.45) is 5.92 Å². The minimum atomic E-state index is -0.0491. The van der Waals surface area contributed by atoms with Crippen molar-refractivity contribution in [1.82, 2.24) is 15.2 Å². The number of H-pyrrole nitrogens is 1. The molecule has 2 aromatic carbocycles. The van der Waals surface area contributed by atoms with Crippen molar-refractivity contribution in [3.63, 3.8) is 0 Å². The van der Waals surface area contributed by atoms with Crippen LogP contribution in [-0.2, 0) is 22.6 Å². The Kier molecular flexibility index (Phi) is 6.72. The maximum absolute atomic E-state index is 13.1. The number of amides is 2. The summed E-state index contributed by atoms with van der Waals surface area (Å²) in [7, 11) is 1.64. The van der Waals surface area contributed by atoms with Gasteiger partial charge in [0.25, 0.3) is 0 Å². The summed E-state index contributed by atoms with van der Waals surface area (Å²) in [6.07, 6.45) is 1.79. The highest BCUT2D eigenvalue weighted by molar-refractivity contribution is 5.94. The number of likely N-dealkylation sites (tertiary alicyclic amines) is 1. The molecule has 1 fully saturated rings. The van der Waals surface area contributed by atoms with Crippen molar-refractivity contribution >= 4 is 22.7 Å². The summed E-state index contributed by atoms with van der Waals surface area (Å²) in [5.74, 6) is 0.954. The van der Waals surface area contributed by atoms with Crippen LogP contribution in [0.15, 0.2) is 36.4 Å². The second-order valence-corrected chi connectivity index (χ2v) is 9.08. The van der Waals surface area contributed by atoms with Crippen LogP contribution in [0.5, 0.6) is 5.75 Å².